The smallest absolute Gasteiger partial charge is 0.273 e. The predicted molar refractivity (Wildman–Crippen MR) is 109 cm³/mol. The first-order valence-electron chi connectivity index (χ1n) is 9.26. The second-order valence-corrected chi connectivity index (χ2v) is 8.12. The van der Waals surface area contributed by atoms with Crippen LogP contribution in [0.15, 0.2) is 4.47 Å². The SMILES string of the molecule is CCn1nc(C)c(Br)c1C(=O)N1CCCN(Cc2c(C)nn(C)c2Cl)CC1. The topological polar surface area (TPSA) is 59.2 Å². The molecular weight excluding hydrogens is 432 g/mol. The van der Waals surface area contributed by atoms with Gasteiger partial charge in [0.25, 0.3) is 5.91 Å². The summed E-state index contributed by atoms with van der Waals surface area (Å²) in [6, 6.07) is 0. The minimum atomic E-state index is 0.0433. The third-order valence-corrected chi connectivity index (χ3v) is 6.51. The number of hydrogen-bond acceptors (Lipinski definition) is 4. The van der Waals surface area contributed by atoms with E-state index in [1.54, 1.807) is 9.36 Å². The molecule has 7 nitrogen and oxygen atoms in total. The maximum Gasteiger partial charge on any atom is 0.273 e. The molecule has 3 rings (SSSR count). The van der Waals surface area contributed by atoms with Crippen molar-refractivity contribution in [1.29, 1.82) is 0 Å². The lowest BCUT2D eigenvalue weighted by Crippen LogP contribution is -2.36. The minimum absolute atomic E-state index is 0.0433. The lowest BCUT2D eigenvalue weighted by molar-refractivity contribution is 0.0747. The summed E-state index contributed by atoms with van der Waals surface area (Å²) in [7, 11) is 1.86. The fourth-order valence-electron chi connectivity index (χ4n) is 3.55. The molecule has 0 spiro atoms. The van der Waals surface area contributed by atoms with Crippen LogP contribution in [0, 0.1) is 13.8 Å². The molecule has 0 unspecified atom stereocenters. The van der Waals surface area contributed by atoms with Gasteiger partial charge in [-0.15, -0.1) is 0 Å². The quantitative estimate of drug-likeness (QED) is 0.708. The molecule has 1 fully saturated rings. The van der Waals surface area contributed by atoms with E-state index in [9.17, 15) is 4.79 Å². The van der Waals surface area contributed by atoms with Crippen LogP contribution < -0.4 is 0 Å². The lowest BCUT2D eigenvalue weighted by Gasteiger charge is -2.22. The maximum absolute atomic E-state index is 13.1. The van der Waals surface area contributed by atoms with Crippen molar-refractivity contribution in [2.24, 2.45) is 7.05 Å². The van der Waals surface area contributed by atoms with Gasteiger partial charge >= 0.3 is 0 Å². The van der Waals surface area contributed by atoms with Gasteiger partial charge in [0.15, 0.2) is 0 Å². The van der Waals surface area contributed by atoms with Crippen LogP contribution in [-0.2, 0) is 20.1 Å². The number of rotatable bonds is 4. The van der Waals surface area contributed by atoms with E-state index in [0.717, 1.165) is 54.0 Å². The molecule has 1 amide bonds. The zero-order valence-corrected chi connectivity index (χ0v) is 18.6. The van der Waals surface area contributed by atoms with Gasteiger partial charge in [0.1, 0.15) is 10.8 Å². The Kier molecular flexibility index (Phi) is 6.28. The van der Waals surface area contributed by atoms with Gasteiger partial charge in [-0.25, -0.2) is 0 Å². The molecule has 0 radical (unpaired) electrons. The normalized spacial score (nSPS) is 16.0. The van der Waals surface area contributed by atoms with E-state index < -0.39 is 0 Å². The van der Waals surface area contributed by atoms with Crippen LogP contribution in [0.25, 0.3) is 0 Å². The predicted octanol–water partition coefficient (Wildman–Crippen LogP) is 3.02. The Labute approximate surface area is 173 Å². The van der Waals surface area contributed by atoms with E-state index in [1.807, 2.05) is 32.7 Å². The summed E-state index contributed by atoms with van der Waals surface area (Å²) in [5.41, 5.74) is 3.53. The summed E-state index contributed by atoms with van der Waals surface area (Å²) in [5.74, 6) is 0.0433. The third kappa shape index (κ3) is 4.07. The fraction of sp³-hybridized carbons (Fsp3) is 0.611. The van der Waals surface area contributed by atoms with Crippen LogP contribution >= 0.6 is 27.5 Å². The third-order valence-electron chi connectivity index (χ3n) is 5.08. The summed E-state index contributed by atoms with van der Waals surface area (Å²) in [5, 5.41) is 9.53. The molecule has 0 atom stereocenters. The van der Waals surface area contributed by atoms with Crippen LogP contribution in [-0.4, -0.2) is 61.4 Å². The van der Waals surface area contributed by atoms with Gasteiger partial charge in [0.2, 0.25) is 0 Å². The monoisotopic (exact) mass is 456 g/mol. The molecule has 2 aromatic rings. The molecule has 1 aliphatic rings. The van der Waals surface area contributed by atoms with Crippen LogP contribution in [0.3, 0.4) is 0 Å². The van der Waals surface area contributed by atoms with Crippen molar-refractivity contribution in [2.75, 3.05) is 26.2 Å². The van der Waals surface area contributed by atoms with Gasteiger partial charge < -0.3 is 4.90 Å². The molecule has 148 valence electrons. The molecule has 27 heavy (non-hydrogen) atoms. The highest BCUT2D eigenvalue weighted by Gasteiger charge is 2.27. The number of aryl methyl sites for hydroxylation is 4. The molecule has 0 aromatic carbocycles. The molecule has 0 aliphatic carbocycles. The molecule has 0 N–H and O–H groups in total. The van der Waals surface area contributed by atoms with Gasteiger partial charge in [-0.05, 0) is 43.1 Å². The number of carbonyl (C=O) groups excluding carboxylic acids is 1. The van der Waals surface area contributed by atoms with Gasteiger partial charge in [0.05, 0.1) is 15.9 Å². The summed E-state index contributed by atoms with van der Waals surface area (Å²) in [6.45, 7) is 10.5. The van der Waals surface area contributed by atoms with Gasteiger partial charge in [-0.2, -0.15) is 10.2 Å². The Hall–Kier alpha value is -1.38. The fourth-order valence-corrected chi connectivity index (χ4v) is 4.24. The van der Waals surface area contributed by atoms with E-state index in [-0.39, 0.29) is 5.91 Å². The number of amides is 1. The molecule has 0 bridgehead atoms. The van der Waals surface area contributed by atoms with E-state index in [2.05, 4.69) is 31.0 Å². The number of hydrogen-bond donors (Lipinski definition) is 0. The van der Waals surface area contributed by atoms with Crippen molar-refractivity contribution >= 4 is 33.4 Å². The zero-order valence-electron chi connectivity index (χ0n) is 16.3. The summed E-state index contributed by atoms with van der Waals surface area (Å²) >= 11 is 9.92. The first kappa shape index (κ1) is 20.4. The van der Waals surface area contributed by atoms with E-state index in [4.69, 9.17) is 11.6 Å². The Morgan fingerprint density at radius 2 is 1.89 bits per heavy atom. The zero-order chi connectivity index (χ0) is 19.7. The summed E-state index contributed by atoms with van der Waals surface area (Å²) in [6.07, 6.45) is 0.930. The first-order chi connectivity index (χ1) is 12.8. The molecule has 2 aromatic heterocycles. The number of aromatic nitrogens is 4. The Morgan fingerprint density at radius 1 is 1.15 bits per heavy atom. The van der Waals surface area contributed by atoms with Gasteiger partial charge in [-0.1, -0.05) is 11.6 Å². The second kappa shape index (κ2) is 8.32. The van der Waals surface area contributed by atoms with Crippen LogP contribution in [0.1, 0.15) is 40.8 Å². The largest absolute Gasteiger partial charge is 0.336 e. The number of halogens is 2. The summed E-state index contributed by atoms with van der Waals surface area (Å²) in [4.78, 5) is 17.4. The second-order valence-electron chi connectivity index (χ2n) is 6.96. The van der Waals surface area contributed by atoms with Crippen molar-refractivity contribution < 1.29 is 4.79 Å². The van der Waals surface area contributed by atoms with Gasteiger partial charge in [-0.3, -0.25) is 19.1 Å². The van der Waals surface area contributed by atoms with Gasteiger partial charge in [0, 0.05) is 51.9 Å². The van der Waals surface area contributed by atoms with Crippen molar-refractivity contribution in [3.63, 3.8) is 0 Å². The average Bonchev–Trinajstić information content (AvgIpc) is 2.93. The molecular formula is C18H26BrClN6O. The standard InChI is InChI=1S/C18H26BrClN6O/c1-5-26-16(15(19)13(3)22-26)18(27)25-8-6-7-24(9-10-25)11-14-12(2)21-23(4)17(14)20/h5-11H2,1-4H3. The van der Waals surface area contributed by atoms with E-state index in [0.29, 0.717) is 23.9 Å². The minimum Gasteiger partial charge on any atom is -0.336 e. The highest BCUT2D eigenvalue weighted by atomic mass is 79.9. The van der Waals surface area contributed by atoms with Crippen molar-refractivity contribution in [3.05, 3.63) is 32.3 Å². The van der Waals surface area contributed by atoms with Crippen LogP contribution in [0.5, 0.6) is 0 Å². The van der Waals surface area contributed by atoms with Crippen LogP contribution in [0.2, 0.25) is 5.15 Å². The highest BCUT2D eigenvalue weighted by molar-refractivity contribution is 9.10. The molecule has 0 saturated carbocycles. The number of nitrogens with zero attached hydrogens (tertiary/aromatic N) is 6. The molecule has 1 aliphatic heterocycles. The Bertz CT molecular complexity index is 846. The molecule has 3 heterocycles. The van der Waals surface area contributed by atoms with E-state index >= 15 is 0 Å². The molecule has 9 heteroatoms. The Morgan fingerprint density at radius 3 is 2.52 bits per heavy atom. The lowest BCUT2D eigenvalue weighted by atomic mass is 10.2. The van der Waals surface area contributed by atoms with Crippen LogP contribution in [0.4, 0.5) is 0 Å². The maximum atomic E-state index is 13.1. The average molecular weight is 458 g/mol. The first-order valence-corrected chi connectivity index (χ1v) is 10.4. The Balaban J connectivity index is 1.71. The number of carbonyl (C=O) groups is 1. The van der Waals surface area contributed by atoms with Crippen molar-refractivity contribution in [1.82, 2.24) is 29.4 Å². The van der Waals surface area contributed by atoms with Crippen molar-refractivity contribution in [2.45, 2.75) is 40.3 Å². The highest BCUT2D eigenvalue weighted by Crippen LogP contribution is 2.24. The van der Waals surface area contributed by atoms with E-state index in [1.165, 1.54) is 0 Å². The molecule has 1 saturated heterocycles. The van der Waals surface area contributed by atoms with Crippen molar-refractivity contribution in [3.8, 4) is 0 Å². The summed E-state index contributed by atoms with van der Waals surface area (Å²) < 4.78 is 4.29.